The van der Waals surface area contributed by atoms with Crippen molar-refractivity contribution in [1.29, 1.82) is 0 Å². The van der Waals surface area contributed by atoms with Crippen molar-refractivity contribution in [2.24, 2.45) is 5.73 Å². The molecule has 0 fully saturated rings. The van der Waals surface area contributed by atoms with Crippen LogP contribution in [-0.4, -0.2) is 40.0 Å². The molecule has 0 amide bonds. The van der Waals surface area contributed by atoms with Crippen LogP contribution in [0.5, 0.6) is 0 Å². The van der Waals surface area contributed by atoms with E-state index >= 15 is 0 Å². The Kier molecular flexibility index (Phi) is 5.49. The summed E-state index contributed by atoms with van der Waals surface area (Å²) in [5, 5.41) is 0. The number of nitrogens with one attached hydrogen (secondary N) is 1. The van der Waals surface area contributed by atoms with Crippen molar-refractivity contribution >= 4 is 10.0 Å². The van der Waals surface area contributed by atoms with Gasteiger partial charge in [0.2, 0.25) is 10.0 Å². The first-order valence-electron chi connectivity index (χ1n) is 6.23. The Bertz CT molecular complexity index is 527. The fourth-order valence-electron chi connectivity index (χ4n) is 2.09. The van der Waals surface area contributed by atoms with Crippen molar-refractivity contribution in [3.05, 3.63) is 29.3 Å². The average Bonchev–Trinajstić information content (AvgIpc) is 2.26. The lowest BCUT2D eigenvalue weighted by Crippen LogP contribution is -2.39. The molecule has 1 aromatic carbocycles. The van der Waals surface area contributed by atoms with Gasteiger partial charge in [0.25, 0.3) is 0 Å². The highest BCUT2D eigenvalue weighted by Crippen LogP contribution is 2.18. The van der Waals surface area contributed by atoms with Crippen LogP contribution in [0.15, 0.2) is 23.1 Å². The van der Waals surface area contributed by atoms with E-state index in [-0.39, 0.29) is 6.04 Å². The van der Waals surface area contributed by atoms with Gasteiger partial charge in [0, 0.05) is 19.1 Å². The molecule has 1 atom stereocenters. The predicted octanol–water partition coefficient (Wildman–Crippen LogP) is 0.682. The minimum Gasteiger partial charge on any atom is -0.326 e. The molecule has 0 saturated heterocycles. The Morgan fingerprint density at radius 3 is 2.53 bits per heavy atom. The van der Waals surface area contributed by atoms with Crippen LogP contribution in [-0.2, 0) is 16.6 Å². The molecular weight excluding hydrogens is 262 g/mol. The van der Waals surface area contributed by atoms with Crippen LogP contribution in [0.2, 0.25) is 0 Å². The van der Waals surface area contributed by atoms with Crippen molar-refractivity contribution in [2.45, 2.75) is 31.3 Å². The summed E-state index contributed by atoms with van der Waals surface area (Å²) in [4.78, 5) is 2.25. The predicted molar refractivity (Wildman–Crippen MR) is 77.4 cm³/mol. The zero-order valence-electron chi connectivity index (χ0n) is 12.0. The van der Waals surface area contributed by atoms with Crippen LogP contribution in [0, 0.1) is 6.92 Å². The SMILES string of the molecule is Cc1c(CN)cccc1S(=O)(=O)NC(C)CN(C)C. The third kappa shape index (κ3) is 4.28. The molecule has 5 nitrogen and oxygen atoms in total. The van der Waals surface area contributed by atoms with Crippen molar-refractivity contribution < 1.29 is 8.42 Å². The molecule has 3 N–H and O–H groups in total. The molecule has 0 aliphatic rings. The lowest BCUT2D eigenvalue weighted by atomic mass is 10.1. The Hall–Kier alpha value is -0.950. The monoisotopic (exact) mass is 285 g/mol. The summed E-state index contributed by atoms with van der Waals surface area (Å²) in [6.07, 6.45) is 0. The Morgan fingerprint density at radius 1 is 1.37 bits per heavy atom. The molecule has 0 aliphatic heterocycles. The van der Waals surface area contributed by atoms with E-state index < -0.39 is 10.0 Å². The maximum absolute atomic E-state index is 12.3. The molecule has 6 heteroatoms. The van der Waals surface area contributed by atoms with Gasteiger partial charge in [-0.05, 0) is 45.1 Å². The van der Waals surface area contributed by atoms with E-state index in [0.717, 1.165) is 11.1 Å². The summed E-state index contributed by atoms with van der Waals surface area (Å²) in [6.45, 7) is 4.62. The zero-order valence-corrected chi connectivity index (χ0v) is 12.8. The number of hydrogen-bond donors (Lipinski definition) is 2. The number of likely N-dealkylation sites (N-methyl/N-ethyl adjacent to an activating group) is 1. The third-order valence-electron chi connectivity index (χ3n) is 2.90. The highest BCUT2D eigenvalue weighted by molar-refractivity contribution is 7.89. The Balaban J connectivity index is 3.01. The molecule has 0 heterocycles. The summed E-state index contributed by atoms with van der Waals surface area (Å²) in [6, 6.07) is 5.03. The van der Waals surface area contributed by atoms with Crippen LogP contribution in [0.4, 0.5) is 0 Å². The summed E-state index contributed by atoms with van der Waals surface area (Å²) in [5.74, 6) is 0. The van der Waals surface area contributed by atoms with Gasteiger partial charge in [-0.15, -0.1) is 0 Å². The van der Waals surface area contributed by atoms with Crippen LogP contribution < -0.4 is 10.5 Å². The van der Waals surface area contributed by atoms with Gasteiger partial charge in [-0.25, -0.2) is 13.1 Å². The van der Waals surface area contributed by atoms with Crippen molar-refractivity contribution in [3.8, 4) is 0 Å². The fraction of sp³-hybridized carbons (Fsp3) is 0.538. The first-order valence-corrected chi connectivity index (χ1v) is 7.72. The molecule has 1 unspecified atom stereocenters. The first kappa shape index (κ1) is 16.1. The van der Waals surface area contributed by atoms with Gasteiger partial charge in [0.05, 0.1) is 4.90 Å². The van der Waals surface area contributed by atoms with E-state index in [1.165, 1.54) is 0 Å². The van der Waals surface area contributed by atoms with E-state index in [0.29, 0.717) is 18.0 Å². The maximum Gasteiger partial charge on any atom is 0.241 e. The zero-order chi connectivity index (χ0) is 14.6. The molecule has 0 aliphatic carbocycles. The second-order valence-corrected chi connectivity index (χ2v) is 6.71. The van der Waals surface area contributed by atoms with Gasteiger partial charge < -0.3 is 10.6 Å². The number of hydrogen-bond acceptors (Lipinski definition) is 4. The number of benzene rings is 1. The van der Waals surface area contributed by atoms with Crippen LogP contribution in [0.25, 0.3) is 0 Å². The van der Waals surface area contributed by atoms with Crippen molar-refractivity contribution in [2.75, 3.05) is 20.6 Å². The Labute approximate surface area is 115 Å². The summed E-state index contributed by atoms with van der Waals surface area (Å²) in [5.41, 5.74) is 7.18. The maximum atomic E-state index is 12.3. The van der Waals surface area contributed by atoms with E-state index in [2.05, 4.69) is 4.72 Å². The number of rotatable bonds is 6. The molecule has 108 valence electrons. The molecule has 19 heavy (non-hydrogen) atoms. The standard InChI is InChI=1S/C13H23N3O2S/c1-10(9-16(3)4)15-19(17,18)13-7-5-6-12(8-14)11(13)2/h5-7,10,15H,8-9,14H2,1-4H3. The summed E-state index contributed by atoms with van der Waals surface area (Å²) in [7, 11) is 0.315. The highest BCUT2D eigenvalue weighted by atomic mass is 32.2. The minimum atomic E-state index is -3.50. The molecular formula is C13H23N3O2S. The molecule has 0 aromatic heterocycles. The van der Waals surface area contributed by atoms with Crippen LogP contribution >= 0.6 is 0 Å². The molecule has 0 bridgehead atoms. The second kappa shape index (κ2) is 6.47. The van der Waals surface area contributed by atoms with E-state index in [1.54, 1.807) is 19.1 Å². The summed E-state index contributed by atoms with van der Waals surface area (Å²) < 4.78 is 27.4. The van der Waals surface area contributed by atoms with E-state index in [4.69, 9.17) is 5.73 Å². The van der Waals surface area contributed by atoms with Gasteiger partial charge in [-0.2, -0.15) is 0 Å². The molecule has 0 saturated carbocycles. The molecule has 1 rings (SSSR count). The molecule has 1 aromatic rings. The molecule has 0 spiro atoms. The first-order chi connectivity index (χ1) is 8.77. The van der Waals surface area contributed by atoms with Crippen LogP contribution in [0.1, 0.15) is 18.1 Å². The highest BCUT2D eigenvalue weighted by Gasteiger charge is 2.20. The normalized spacial score (nSPS) is 13.8. The largest absolute Gasteiger partial charge is 0.326 e. The minimum absolute atomic E-state index is 0.152. The van der Waals surface area contributed by atoms with Crippen LogP contribution in [0.3, 0.4) is 0 Å². The Morgan fingerprint density at radius 2 is 2.00 bits per heavy atom. The van der Waals surface area contributed by atoms with Gasteiger partial charge in [0.1, 0.15) is 0 Å². The number of sulfonamides is 1. The van der Waals surface area contributed by atoms with Gasteiger partial charge >= 0.3 is 0 Å². The quantitative estimate of drug-likeness (QED) is 0.806. The smallest absolute Gasteiger partial charge is 0.241 e. The average molecular weight is 285 g/mol. The molecule has 0 radical (unpaired) electrons. The topological polar surface area (TPSA) is 75.4 Å². The fourth-order valence-corrected chi connectivity index (χ4v) is 3.61. The third-order valence-corrected chi connectivity index (χ3v) is 4.64. The van der Waals surface area contributed by atoms with Crippen molar-refractivity contribution in [1.82, 2.24) is 9.62 Å². The van der Waals surface area contributed by atoms with E-state index in [9.17, 15) is 8.42 Å². The van der Waals surface area contributed by atoms with E-state index in [1.807, 2.05) is 32.0 Å². The van der Waals surface area contributed by atoms with Crippen molar-refractivity contribution in [3.63, 3.8) is 0 Å². The lowest BCUT2D eigenvalue weighted by molar-refractivity contribution is 0.370. The summed E-state index contributed by atoms with van der Waals surface area (Å²) >= 11 is 0. The van der Waals surface area contributed by atoms with Gasteiger partial charge in [0.15, 0.2) is 0 Å². The van der Waals surface area contributed by atoms with Gasteiger partial charge in [-0.1, -0.05) is 12.1 Å². The number of nitrogens with zero attached hydrogens (tertiary/aromatic N) is 1. The second-order valence-electron chi connectivity index (χ2n) is 5.03. The lowest BCUT2D eigenvalue weighted by Gasteiger charge is -2.19. The van der Waals surface area contributed by atoms with Gasteiger partial charge in [-0.3, -0.25) is 0 Å². The number of nitrogens with two attached hydrogens (primary N) is 1.